The highest BCUT2D eigenvalue weighted by Crippen LogP contribution is 2.38. The van der Waals surface area contributed by atoms with Gasteiger partial charge in [0.2, 0.25) is 0 Å². The van der Waals surface area contributed by atoms with Gasteiger partial charge >= 0.3 is 0 Å². The van der Waals surface area contributed by atoms with Crippen LogP contribution in [0.3, 0.4) is 0 Å². The molecule has 0 atom stereocenters. The van der Waals surface area contributed by atoms with E-state index in [0.29, 0.717) is 0 Å². The minimum absolute atomic E-state index is 1.35. The molecular formula is C19H16. The Morgan fingerprint density at radius 2 is 1.05 bits per heavy atom. The van der Waals surface area contributed by atoms with Crippen molar-refractivity contribution < 1.29 is 0 Å². The zero-order chi connectivity index (χ0) is 13.1. The van der Waals surface area contributed by atoms with Crippen LogP contribution < -0.4 is 0 Å². The molecule has 0 N–H and O–H groups in total. The van der Waals surface area contributed by atoms with Crippen molar-refractivity contribution in [2.24, 2.45) is 0 Å². The van der Waals surface area contributed by atoms with Crippen LogP contribution >= 0.6 is 0 Å². The Morgan fingerprint density at radius 1 is 0.526 bits per heavy atom. The Balaban J connectivity index is 2.47. The maximum absolute atomic E-state index is 2.28. The molecule has 0 saturated heterocycles. The van der Waals surface area contributed by atoms with Crippen molar-refractivity contribution in [3.8, 4) is 0 Å². The molecule has 4 aromatic carbocycles. The molecular weight excluding hydrogens is 228 g/mol. The van der Waals surface area contributed by atoms with Gasteiger partial charge in [0.05, 0.1) is 0 Å². The molecule has 0 saturated carbocycles. The summed E-state index contributed by atoms with van der Waals surface area (Å²) in [6.45, 7) is 6.72. The van der Waals surface area contributed by atoms with Gasteiger partial charge in [0.25, 0.3) is 0 Å². The fraction of sp³-hybridized carbons (Fsp3) is 0.158. The summed E-state index contributed by atoms with van der Waals surface area (Å²) >= 11 is 0. The van der Waals surface area contributed by atoms with Gasteiger partial charge in [-0.25, -0.2) is 0 Å². The first kappa shape index (κ1) is 10.8. The molecule has 0 aliphatic rings. The maximum atomic E-state index is 2.28. The minimum atomic E-state index is 1.35. The summed E-state index contributed by atoms with van der Waals surface area (Å²) < 4.78 is 0. The van der Waals surface area contributed by atoms with Crippen LogP contribution in [0.15, 0.2) is 42.5 Å². The quantitative estimate of drug-likeness (QED) is 0.358. The van der Waals surface area contributed by atoms with Gasteiger partial charge in [0.1, 0.15) is 0 Å². The first-order valence-electron chi connectivity index (χ1n) is 6.82. The normalized spacial score (nSPS) is 11.9. The Morgan fingerprint density at radius 3 is 1.58 bits per heavy atom. The average Bonchev–Trinajstić information content (AvgIpc) is 2.45. The van der Waals surface area contributed by atoms with E-state index >= 15 is 0 Å². The second-order valence-corrected chi connectivity index (χ2v) is 5.56. The topological polar surface area (TPSA) is 0 Å². The predicted molar refractivity (Wildman–Crippen MR) is 84.4 cm³/mol. The molecule has 0 amide bonds. The van der Waals surface area contributed by atoms with E-state index in [1.807, 2.05) is 0 Å². The molecule has 92 valence electrons. The molecule has 19 heavy (non-hydrogen) atoms. The van der Waals surface area contributed by atoms with E-state index in [0.717, 1.165) is 0 Å². The van der Waals surface area contributed by atoms with E-state index in [1.165, 1.54) is 49.0 Å². The third-order valence-corrected chi connectivity index (χ3v) is 4.71. The van der Waals surface area contributed by atoms with Gasteiger partial charge in [-0.05, 0) is 69.8 Å². The lowest BCUT2D eigenvalue weighted by Crippen LogP contribution is -1.93. The van der Waals surface area contributed by atoms with Gasteiger partial charge < -0.3 is 0 Å². The molecule has 0 aromatic heterocycles. The Bertz CT molecular complexity index is 859. The van der Waals surface area contributed by atoms with E-state index in [2.05, 4.69) is 63.2 Å². The zero-order valence-corrected chi connectivity index (χ0v) is 11.5. The third kappa shape index (κ3) is 1.24. The average molecular weight is 244 g/mol. The van der Waals surface area contributed by atoms with Gasteiger partial charge in [0.15, 0.2) is 0 Å². The monoisotopic (exact) mass is 244 g/mol. The van der Waals surface area contributed by atoms with E-state index in [1.54, 1.807) is 0 Å². The summed E-state index contributed by atoms with van der Waals surface area (Å²) in [5.74, 6) is 0. The van der Waals surface area contributed by atoms with Crippen LogP contribution in [0.4, 0.5) is 0 Å². The summed E-state index contributed by atoms with van der Waals surface area (Å²) in [4.78, 5) is 0. The number of benzene rings is 4. The number of hydrogen-bond donors (Lipinski definition) is 0. The molecule has 4 aromatic rings. The molecule has 0 heterocycles. The second-order valence-electron chi connectivity index (χ2n) is 5.56. The lowest BCUT2D eigenvalue weighted by molar-refractivity contribution is 1.32. The van der Waals surface area contributed by atoms with Crippen molar-refractivity contribution in [2.45, 2.75) is 20.8 Å². The molecule has 0 aliphatic carbocycles. The highest BCUT2D eigenvalue weighted by Gasteiger charge is 2.13. The summed E-state index contributed by atoms with van der Waals surface area (Å²) in [7, 11) is 0. The summed E-state index contributed by atoms with van der Waals surface area (Å²) in [6.07, 6.45) is 0. The summed E-state index contributed by atoms with van der Waals surface area (Å²) in [5, 5.41) is 8.36. The van der Waals surface area contributed by atoms with Crippen LogP contribution in [0, 0.1) is 20.8 Å². The Hall–Kier alpha value is -2.08. The number of aryl methyl sites for hydroxylation is 2. The fourth-order valence-electron chi connectivity index (χ4n) is 3.39. The van der Waals surface area contributed by atoms with Gasteiger partial charge in [-0.15, -0.1) is 0 Å². The van der Waals surface area contributed by atoms with Crippen LogP contribution in [-0.2, 0) is 0 Å². The smallest absolute Gasteiger partial charge is 0.00213 e. The van der Waals surface area contributed by atoms with Crippen LogP contribution in [0.1, 0.15) is 16.7 Å². The predicted octanol–water partition coefficient (Wildman–Crippen LogP) is 5.51. The van der Waals surface area contributed by atoms with Crippen molar-refractivity contribution in [1.29, 1.82) is 0 Å². The van der Waals surface area contributed by atoms with E-state index in [4.69, 9.17) is 0 Å². The van der Waals surface area contributed by atoms with Gasteiger partial charge in [-0.1, -0.05) is 42.5 Å². The number of hydrogen-bond acceptors (Lipinski definition) is 0. The first-order chi connectivity index (χ1) is 9.18. The molecule has 0 spiro atoms. The molecule has 0 unspecified atom stereocenters. The maximum Gasteiger partial charge on any atom is -0.00213 e. The molecule has 0 nitrogen and oxygen atoms in total. The Kier molecular flexibility index (Phi) is 1.98. The summed E-state index contributed by atoms with van der Waals surface area (Å²) in [6, 6.07) is 15.7. The highest BCUT2D eigenvalue weighted by atomic mass is 14.2. The van der Waals surface area contributed by atoms with Gasteiger partial charge in [-0.3, -0.25) is 0 Å². The lowest BCUT2D eigenvalue weighted by Gasteiger charge is -2.17. The fourth-order valence-corrected chi connectivity index (χ4v) is 3.39. The standard InChI is InChI=1S/C19H16/c1-11-12(2)16-9-7-14-5-4-6-15-8-10-17(13(11)3)19(16)18(14)15/h4-10H,1-3H3. The summed E-state index contributed by atoms with van der Waals surface area (Å²) in [5.41, 5.74) is 4.26. The second kappa shape index (κ2) is 3.48. The third-order valence-electron chi connectivity index (χ3n) is 4.71. The van der Waals surface area contributed by atoms with E-state index in [-0.39, 0.29) is 0 Å². The van der Waals surface area contributed by atoms with Crippen molar-refractivity contribution in [3.63, 3.8) is 0 Å². The number of rotatable bonds is 0. The SMILES string of the molecule is Cc1c(C)c2ccc3cccc4ccc(c1C)c2c34. The zero-order valence-electron chi connectivity index (χ0n) is 11.5. The minimum Gasteiger partial charge on any atom is -0.0610 e. The molecule has 0 heteroatoms. The van der Waals surface area contributed by atoms with Crippen LogP contribution in [0.25, 0.3) is 32.3 Å². The lowest BCUT2D eigenvalue weighted by atomic mass is 9.87. The van der Waals surface area contributed by atoms with E-state index in [9.17, 15) is 0 Å². The van der Waals surface area contributed by atoms with E-state index < -0.39 is 0 Å². The van der Waals surface area contributed by atoms with Crippen molar-refractivity contribution >= 4 is 32.3 Å². The molecule has 0 bridgehead atoms. The molecule has 4 rings (SSSR count). The first-order valence-corrected chi connectivity index (χ1v) is 6.82. The van der Waals surface area contributed by atoms with Crippen molar-refractivity contribution in [2.75, 3.05) is 0 Å². The van der Waals surface area contributed by atoms with Gasteiger partial charge in [0, 0.05) is 0 Å². The van der Waals surface area contributed by atoms with Crippen molar-refractivity contribution in [1.82, 2.24) is 0 Å². The highest BCUT2D eigenvalue weighted by molar-refractivity contribution is 6.24. The molecule has 0 radical (unpaired) electrons. The molecule has 0 fully saturated rings. The van der Waals surface area contributed by atoms with Crippen molar-refractivity contribution in [3.05, 3.63) is 59.2 Å². The Labute approximate surface area is 113 Å². The van der Waals surface area contributed by atoms with Crippen LogP contribution in [-0.4, -0.2) is 0 Å². The van der Waals surface area contributed by atoms with Crippen LogP contribution in [0.2, 0.25) is 0 Å². The van der Waals surface area contributed by atoms with Gasteiger partial charge in [-0.2, -0.15) is 0 Å². The largest absolute Gasteiger partial charge is 0.0610 e. The van der Waals surface area contributed by atoms with Crippen LogP contribution in [0.5, 0.6) is 0 Å². The molecule has 0 aliphatic heterocycles.